The first-order valence-corrected chi connectivity index (χ1v) is 6.79. The van der Waals surface area contributed by atoms with Gasteiger partial charge in [-0.2, -0.15) is 0 Å². The highest BCUT2D eigenvalue weighted by atomic mass is 32.1. The summed E-state index contributed by atoms with van der Waals surface area (Å²) in [4.78, 5) is 19.6. The Morgan fingerprint density at radius 1 is 1.37 bits per heavy atom. The Morgan fingerprint density at radius 3 is 2.79 bits per heavy atom. The van der Waals surface area contributed by atoms with Crippen LogP contribution in [0.15, 0.2) is 17.5 Å². The van der Waals surface area contributed by atoms with Crippen LogP contribution in [0.3, 0.4) is 0 Å². The average Bonchev–Trinajstić information content (AvgIpc) is 2.74. The highest BCUT2D eigenvalue weighted by Gasteiger charge is 2.06. The number of hydrogen-bond donors (Lipinski definition) is 2. The Hall–Kier alpha value is -1.95. The van der Waals surface area contributed by atoms with Gasteiger partial charge in [0.25, 0.3) is 0 Å². The quantitative estimate of drug-likeness (QED) is 0.878. The van der Waals surface area contributed by atoms with Crippen molar-refractivity contribution in [2.45, 2.75) is 20.3 Å². The van der Waals surface area contributed by atoms with Crippen LogP contribution in [0.4, 0.5) is 5.82 Å². The van der Waals surface area contributed by atoms with Crippen LogP contribution in [-0.2, 0) is 6.42 Å². The number of thiazole rings is 1. The Bertz CT molecular complexity index is 595. The van der Waals surface area contributed by atoms with Gasteiger partial charge in [-0.15, -0.1) is 11.3 Å². The number of pyridine rings is 1. The van der Waals surface area contributed by atoms with Crippen LogP contribution in [0.2, 0.25) is 0 Å². The lowest BCUT2D eigenvalue weighted by atomic mass is 10.2. The molecule has 100 valence electrons. The van der Waals surface area contributed by atoms with Gasteiger partial charge >= 0.3 is 5.97 Å². The highest BCUT2D eigenvalue weighted by Crippen LogP contribution is 2.11. The van der Waals surface area contributed by atoms with Crippen molar-refractivity contribution >= 4 is 23.1 Å². The lowest BCUT2D eigenvalue weighted by Crippen LogP contribution is -2.08. The standard InChI is InChI=1S/C13H15N3O2S/c1-8-5-10(13(17)18)6-12(15-8)14-4-3-11-7-19-9(2)16-11/h5-7H,3-4H2,1-2H3,(H,14,15)(H,17,18). The summed E-state index contributed by atoms with van der Waals surface area (Å²) in [6, 6.07) is 3.10. The summed E-state index contributed by atoms with van der Waals surface area (Å²) >= 11 is 1.63. The predicted molar refractivity (Wildman–Crippen MR) is 75.0 cm³/mol. The molecule has 0 aromatic carbocycles. The third-order valence-electron chi connectivity index (χ3n) is 2.55. The molecule has 0 spiro atoms. The Labute approximate surface area is 115 Å². The third kappa shape index (κ3) is 3.75. The number of hydrogen-bond acceptors (Lipinski definition) is 5. The molecule has 2 aromatic rings. The molecule has 0 saturated heterocycles. The minimum Gasteiger partial charge on any atom is -0.478 e. The van der Waals surface area contributed by atoms with E-state index in [9.17, 15) is 4.79 Å². The third-order valence-corrected chi connectivity index (χ3v) is 3.38. The summed E-state index contributed by atoms with van der Waals surface area (Å²) in [7, 11) is 0. The summed E-state index contributed by atoms with van der Waals surface area (Å²) in [5, 5.41) is 15.2. The number of aromatic carboxylic acids is 1. The van der Waals surface area contributed by atoms with Gasteiger partial charge in [0.1, 0.15) is 5.82 Å². The fraction of sp³-hybridized carbons (Fsp3) is 0.308. The van der Waals surface area contributed by atoms with Gasteiger partial charge in [-0.3, -0.25) is 0 Å². The minimum absolute atomic E-state index is 0.250. The molecule has 0 fully saturated rings. The van der Waals surface area contributed by atoms with Crippen molar-refractivity contribution < 1.29 is 9.90 Å². The lowest BCUT2D eigenvalue weighted by Gasteiger charge is -2.06. The Morgan fingerprint density at radius 2 is 2.16 bits per heavy atom. The molecule has 0 aliphatic rings. The van der Waals surface area contributed by atoms with Gasteiger partial charge in [0.05, 0.1) is 16.3 Å². The molecule has 2 heterocycles. The summed E-state index contributed by atoms with van der Waals surface area (Å²) in [5.41, 5.74) is 1.98. The van der Waals surface area contributed by atoms with Crippen molar-refractivity contribution in [1.82, 2.24) is 9.97 Å². The Kier molecular flexibility index (Phi) is 4.11. The molecular weight excluding hydrogens is 262 g/mol. The largest absolute Gasteiger partial charge is 0.478 e. The van der Waals surface area contributed by atoms with Crippen molar-refractivity contribution in [3.63, 3.8) is 0 Å². The summed E-state index contributed by atoms with van der Waals surface area (Å²) in [6.45, 7) is 4.43. The number of aromatic nitrogens is 2. The summed E-state index contributed by atoms with van der Waals surface area (Å²) in [5.74, 6) is -0.354. The maximum absolute atomic E-state index is 10.9. The molecule has 0 bridgehead atoms. The van der Waals surface area contributed by atoms with Crippen molar-refractivity contribution in [1.29, 1.82) is 0 Å². The zero-order valence-electron chi connectivity index (χ0n) is 10.8. The first-order chi connectivity index (χ1) is 9.04. The second-order valence-electron chi connectivity index (χ2n) is 4.22. The van der Waals surface area contributed by atoms with Gasteiger partial charge in [-0.05, 0) is 26.0 Å². The first kappa shape index (κ1) is 13.5. The number of carboxylic acids is 1. The second kappa shape index (κ2) is 5.79. The fourth-order valence-corrected chi connectivity index (χ4v) is 2.37. The van der Waals surface area contributed by atoms with Gasteiger partial charge in [-0.25, -0.2) is 14.8 Å². The molecule has 0 aliphatic carbocycles. The monoisotopic (exact) mass is 277 g/mol. The van der Waals surface area contributed by atoms with Gasteiger partial charge in [0, 0.05) is 24.0 Å². The lowest BCUT2D eigenvalue weighted by molar-refractivity contribution is 0.0696. The summed E-state index contributed by atoms with van der Waals surface area (Å²) in [6.07, 6.45) is 0.794. The van der Waals surface area contributed by atoms with E-state index in [1.165, 1.54) is 0 Å². The molecule has 19 heavy (non-hydrogen) atoms. The van der Waals surface area contributed by atoms with E-state index in [1.807, 2.05) is 12.3 Å². The van der Waals surface area contributed by atoms with E-state index in [0.717, 1.165) is 17.1 Å². The molecule has 0 amide bonds. The van der Waals surface area contributed by atoms with Crippen molar-refractivity contribution in [3.8, 4) is 0 Å². The zero-order chi connectivity index (χ0) is 13.8. The van der Waals surface area contributed by atoms with E-state index in [2.05, 4.69) is 15.3 Å². The normalized spacial score (nSPS) is 10.4. The molecule has 2 N–H and O–H groups in total. The fourth-order valence-electron chi connectivity index (χ4n) is 1.72. The van der Waals surface area contributed by atoms with Crippen LogP contribution in [0.5, 0.6) is 0 Å². The molecule has 0 saturated carbocycles. The minimum atomic E-state index is -0.941. The van der Waals surface area contributed by atoms with Gasteiger partial charge in [-0.1, -0.05) is 0 Å². The molecule has 0 radical (unpaired) electrons. The van der Waals surface area contributed by atoms with Crippen LogP contribution in [0, 0.1) is 13.8 Å². The molecule has 2 aromatic heterocycles. The number of nitrogens with zero attached hydrogens (tertiary/aromatic N) is 2. The van der Waals surface area contributed by atoms with Crippen LogP contribution < -0.4 is 5.32 Å². The molecule has 2 rings (SSSR count). The number of aryl methyl sites for hydroxylation is 2. The summed E-state index contributed by atoms with van der Waals surface area (Å²) < 4.78 is 0. The molecular formula is C13H15N3O2S. The molecule has 5 nitrogen and oxygen atoms in total. The van der Waals surface area contributed by atoms with E-state index < -0.39 is 5.97 Å². The number of nitrogens with one attached hydrogen (secondary N) is 1. The maximum Gasteiger partial charge on any atom is 0.335 e. The highest BCUT2D eigenvalue weighted by molar-refractivity contribution is 7.09. The SMILES string of the molecule is Cc1cc(C(=O)O)cc(NCCc2csc(C)n2)n1. The zero-order valence-corrected chi connectivity index (χ0v) is 11.6. The van der Waals surface area contributed by atoms with Crippen LogP contribution in [0.25, 0.3) is 0 Å². The van der Waals surface area contributed by atoms with Crippen molar-refractivity contribution in [2.24, 2.45) is 0 Å². The van der Waals surface area contributed by atoms with Gasteiger partial charge in [0.2, 0.25) is 0 Å². The molecule has 6 heteroatoms. The Balaban J connectivity index is 1.97. The van der Waals surface area contributed by atoms with E-state index in [-0.39, 0.29) is 5.56 Å². The van der Waals surface area contributed by atoms with Gasteiger partial charge < -0.3 is 10.4 Å². The molecule has 0 unspecified atom stereocenters. The van der Waals surface area contributed by atoms with Crippen molar-refractivity contribution in [2.75, 3.05) is 11.9 Å². The molecule has 0 atom stereocenters. The number of carbonyl (C=O) groups is 1. The average molecular weight is 277 g/mol. The van der Waals surface area contributed by atoms with E-state index in [4.69, 9.17) is 5.11 Å². The van der Waals surface area contributed by atoms with Crippen LogP contribution >= 0.6 is 11.3 Å². The van der Waals surface area contributed by atoms with Gasteiger partial charge in [0.15, 0.2) is 0 Å². The number of carboxylic acid groups (broad SMARTS) is 1. The maximum atomic E-state index is 10.9. The molecule has 0 aliphatic heterocycles. The van der Waals surface area contributed by atoms with E-state index >= 15 is 0 Å². The number of anilines is 1. The predicted octanol–water partition coefficient (Wildman–Crippen LogP) is 2.51. The van der Waals surface area contributed by atoms with Crippen LogP contribution in [-0.4, -0.2) is 27.6 Å². The topological polar surface area (TPSA) is 75.1 Å². The van der Waals surface area contributed by atoms with E-state index in [0.29, 0.717) is 18.1 Å². The smallest absolute Gasteiger partial charge is 0.335 e. The van der Waals surface area contributed by atoms with Crippen LogP contribution in [0.1, 0.15) is 26.8 Å². The van der Waals surface area contributed by atoms with Crippen molar-refractivity contribution in [3.05, 3.63) is 39.5 Å². The number of rotatable bonds is 5. The second-order valence-corrected chi connectivity index (χ2v) is 5.28. The van der Waals surface area contributed by atoms with E-state index in [1.54, 1.807) is 30.4 Å². The first-order valence-electron chi connectivity index (χ1n) is 5.91.